The van der Waals surface area contributed by atoms with Crippen LogP contribution in [0.3, 0.4) is 0 Å². The molecule has 1 aromatic carbocycles. The van der Waals surface area contributed by atoms with E-state index in [0.717, 1.165) is 11.1 Å². The molecule has 5 heteroatoms. The van der Waals surface area contributed by atoms with Crippen molar-refractivity contribution in [3.63, 3.8) is 0 Å². The first kappa shape index (κ1) is 15.0. The van der Waals surface area contributed by atoms with Gasteiger partial charge in [0.25, 0.3) is 0 Å². The molecule has 1 aromatic rings. The van der Waals surface area contributed by atoms with E-state index in [1.54, 1.807) is 6.07 Å². The minimum atomic E-state index is 0.418. The molecule has 0 saturated heterocycles. The first-order valence-electron chi connectivity index (χ1n) is 6.20. The van der Waals surface area contributed by atoms with Gasteiger partial charge in [0, 0.05) is 28.7 Å². The van der Waals surface area contributed by atoms with Gasteiger partial charge in [0.05, 0.1) is 5.02 Å². The summed E-state index contributed by atoms with van der Waals surface area (Å²) in [5.41, 5.74) is 3.42. The quantitative estimate of drug-likeness (QED) is 0.815. The maximum atomic E-state index is 6.20. The molecule has 104 valence electrons. The average Bonchev–Trinajstić information content (AvgIpc) is 3.18. The van der Waals surface area contributed by atoms with Gasteiger partial charge in [-0.3, -0.25) is 0 Å². The minimum absolute atomic E-state index is 0.418. The van der Waals surface area contributed by atoms with Crippen molar-refractivity contribution in [2.75, 3.05) is 6.61 Å². The fraction of sp³-hybridized carbons (Fsp3) is 0.429. The van der Waals surface area contributed by atoms with Crippen LogP contribution in [0.5, 0.6) is 5.75 Å². The number of rotatable bonds is 6. The Balaban J connectivity index is 2.12. The predicted molar refractivity (Wildman–Crippen MR) is 81.4 cm³/mol. The van der Waals surface area contributed by atoms with Gasteiger partial charge < -0.3 is 10.1 Å². The smallest absolute Gasteiger partial charge is 0.142 e. The zero-order chi connectivity index (χ0) is 13.8. The van der Waals surface area contributed by atoms with Crippen LogP contribution in [0.4, 0.5) is 0 Å². The molecule has 0 aliphatic heterocycles. The van der Waals surface area contributed by atoms with E-state index in [1.807, 2.05) is 13.0 Å². The van der Waals surface area contributed by atoms with Gasteiger partial charge in [-0.05, 0) is 37.5 Å². The van der Waals surface area contributed by atoms with E-state index in [-0.39, 0.29) is 0 Å². The lowest BCUT2D eigenvalue weighted by Crippen LogP contribution is -2.16. The third kappa shape index (κ3) is 4.57. The van der Waals surface area contributed by atoms with Crippen molar-refractivity contribution in [2.24, 2.45) is 0 Å². The van der Waals surface area contributed by atoms with Gasteiger partial charge in [-0.1, -0.05) is 34.8 Å². The van der Waals surface area contributed by atoms with E-state index in [2.05, 4.69) is 5.32 Å². The number of ether oxygens (including phenoxy) is 1. The molecule has 1 N–H and O–H groups in total. The van der Waals surface area contributed by atoms with Gasteiger partial charge in [-0.25, -0.2) is 0 Å². The fourth-order valence-electron chi connectivity index (χ4n) is 1.67. The van der Waals surface area contributed by atoms with Gasteiger partial charge in [0.1, 0.15) is 12.4 Å². The van der Waals surface area contributed by atoms with E-state index in [1.165, 1.54) is 18.4 Å². The van der Waals surface area contributed by atoms with E-state index in [4.69, 9.17) is 39.5 Å². The highest BCUT2D eigenvalue weighted by Crippen LogP contribution is 2.33. The molecule has 19 heavy (non-hydrogen) atoms. The summed E-state index contributed by atoms with van der Waals surface area (Å²) in [7, 11) is 0. The summed E-state index contributed by atoms with van der Waals surface area (Å²) in [6.07, 6.45) is 2.47. The van der Waals surface area contributed by atoms with E-state index < -0.39 is 0 Å². The number of hydrogen-bond acceptors (Lipinski definition) is 2. The van der Waals surface area contributed by atoms with Crippen LogP contribution in [0.1, 0.15) is 25.3 Å². The van der Waals surface area contributed by atoms with Crippen molar-refractivity contribution in [2.45, 2.75) is 32.4 Å². The number of benzene rings is 1. The Morgan fingerprint density at radius 1 is 1.42 bits per heavy atom. The van der Waals surface area contributed by atoms with Crippen molar-refractivity contribution >= 4 is 34.8 Å². The molecule has 0 heterocycles. The Morgan fingerprint density at radius 2 is 2.16 bits per heavy atom. The van der Waals surface area contributed by atoms with Crippen molar-refractivity contribution in [3.05, 3.63) is 38.8 Å². The van der Waals surface area contributed by atoms with E-state index in [0.29, 0.717) is 35.0 Å². The highest BCUT2D eigenvalue weighted by atomic mass is 35.5. The van der Waals surface area contributed by atoms with Crippen molar-refractivity contribution in [1.29, 1.82) is 0 Å². The Labute approximate surface area is 128 Å². The number of nitrogens with one attached hydrogen (secondary N) is 1. The van der Waals surface area contributed by atoms with Crippen LogP contribution in [0, 0.1) is 0 Å². The first-order valence-corrected chi connectivity index (χ1v) is 7.39. The highest BCUT2D eigenvalue weighted by molar-refractivity contribution is 6.35. The molecule has 1 aliphatic carbocycles. The molecule has 0 spiro atoms. The topological polar surface area (TPSA) is 21.3 Å². The largest absolute Gasteiger partial charge is 0.487 e. The summed E-state index contributed by atoms with van der Waals surface area (Å²) in [6, 6.07) is 4.20. The van der Waals surface area contributed by atoms with Crippen molar-refractivity contribution < 1.29 is 4.74 Å². The standard InChI is InChI=1S/C14H16Cl3NO/c1-9(6-15)8-19-14-10(7-18-12-2-3-12)4-11(16)5-13(14)17/h4-6,12,18H,2-3,7-8H2,1H3. The summed E-state index contributed by atoms with van der Waals surface area (Å²) in [5, 5.41) is 4.58. The van der Waals surface area contributed by atoms with Crippen LogP contribution < -0.4 is 10.1 Å². The minimum Gasteiger partial charge on any atom is -0.487 e. The molecule has 0 atom stereocenters. The Bertz CT molecular complexity index is 484. The Kier molecular flexibility index (Phi) is 5.40. The van der Waals surface area contributed by atoms with Gasteiger partial charge in [0.15, 0.2) is 0 Å². The lowest BCUT2D eigenvalue weighted by atomic mass is 10.2. The fourth-order valence-corrected chi connectivity index (χ4v) is 2.32. The Hall–Kier alpha value is -0.410. The van der Waals surface area contributed by atoms with Crippen LogP contribution >= 0.6 is 34.8 Å². The second-order valence-corrected chi connectivity index (χ2v) is 5.84. The zero-order valence-electron chi connectivity index (χ0n) is 10.7. The van der Waals surface area contributed by atoms with Gasteiger partial charge in [-0.2, -0.15) is 0 Å². The molecule has 0 amide bonds. The number of hydrogen-bond donors (Lipinski definition) is 1. The lowest BCUT2D eigenvalue weighted by molar-refractivity contribution is 0.347. The second kappa shape index (κ2) is 6.85. The Morgan fingerprint density at radius 3 is 2.79 bits per heavy atom. The molecule has 2 nitrogen and oxygen atoms in total. The van der Waals surface area contributed by atoms with Crippen molar-refractivity contribution in [3.8, 4) is 5.75 Å². The van der Waals surface area contributed by atoms with Gasteiger partial charge in [-0.15, -0.1) is 0 Å². The first-order chi connectivity index (χ1) is 9.10. The molecule has 0 aromatic heterocycles. The molecule has 1 fully saturated rings. The SMILES string of the molecule is CC(=CCl)COc1c(Cl)cc(Cl)cc1CNC1CC1. The van der Waals surface area contributed by atoms with Gasteiger partial charge in [0.2, 0.25) is 0 Å². The monoisotopic (exact) mass is 319 g/mol. The van der Waals surface area contributed by atoms with Crippen LogP contribution in [0.25, 0.3) is 0 Å². The molecule has 1 saturated carbocycles. The summed E-state index contributed by atoms with van der Waals surface area (Å²) < 4.78 is 5.74. The molecule has 2 rings (SSSR count). The van der Waals surface area contributed by atoms with E-state index >= 15 is 0 Å². The van der Waals surface area contributed by atoms with Crippen molar-refractivity contribution in [1.82, 2.24) is 5.32 Å². The van der Waals surface area contributed by atoms with Crippen LogP contribution in [-0.2, 0) is 6.54 Å². The summed E-state index contributed by atoms with van der Waals surface area (Å²) in [6.45, 7) is 3.03. The molecule has 0 radical (unpaired) electrons. The van der Waals surface area contributed by atoms with Crippen LogP contribution in [-0.4, -0.2) is 12.6 Å². The van der Waals surface area contributed by atoms with Gasteiger partial charge >= 0.3 is 0 Å². The number of halogens is 3. The molecule has 0 unspecified atom stereocenters. The second-order valence-electron chi connectivity index (χ2n) is 4.78. The molecular weight excluding hydrogens is 305 g/mol. The van der Waals surface area contributed by atoms with Crippen LogP contribution in [0.2, 0.25) is 10.0 Å². The third-order valence-corrected chi connectivity index (χ3v) is 3.75. The van der Waals surface area contributed by atoms with E-state index in [9.17, 15) is 0 Å². The molecular formula is C14H16Cl3NO. The average molecular weight is 321 g/mol. The zero-order valence-corrected chi connectivity index (χ0v) is 12.9. The third-order valence-electron chi connectivity index (χ3n) is 2.87. The summed E-state index contributed by atoms with van der Waals surface area (Å²) >= 11 is 17.9. The maximum Gasteiger partial charge on any atom is 0.142 e. The summed E-state index contributed by atoms with van der Waals surface area (Å²) in [4.78, 5) is 0. The normalized spacial score (nSPS) is 15.7. The maximum absolute atomic E-state index is 6.20. The molecule has 0 bridgehead atoms. The summed E-state index contributed by atoms with van der Waals surface area (Å²) in [5.74, 6) is 0.678. The molecule has 1 aliphatic rings. The van der Waals surface area contributed by atoms with Crippen LogP contribution in [0.15, 0.2) is 23.2 Å². The highest BCUT2D eigenvalue weighted by Gasteiger charge is 2.21. The lowest BCUT2D eigenvalue weighted by Gasteiger charge is -2.14. The predicted octanol–water partition coefficient (Wildman–Crippen LogP) is 4.77.